The predicted octanol–water partition coefficient (Wildman–Crippen LogP) is 2.05. The van der Waals surface area contributed by atoms with E-state index >= 15 is 0 Å². The molecule has 116 valence electrons. The van der Waals surface area contributed by atoms with Crippen LogP contribution in [0, 0.1) is 13.8 Å². The molecule has 1 heterocycles. The van der Waals surface area contributed by atoms with Crippen molar-refractivity contribution in [2.24, 2.45) is 5.84 Å². The van der Waals surface area contributed by atoms with Gasteiger partial charge in [-0.25, -0.2) is 13.8 Å². The highest BCUT2D eigenvalue weighted by atomic mass is 32.1. The van der Waals surface area contributed by atoms with Crippen LogP contribution in [0.15, 0.2) is 0 Å². The molecule has 0 aliphatic carbocycles. The topological polar surface area (TPSA) is 60.2 Å². The summed E-state index contributed by atoms with van der Waals surface area (Å²) in [4.78, 5) is 5.34. The first-order valence-corrected chi connectivity index (χ1v) is 6.70. The van der Waals surface area contributed by atoms with Crippen LogP contribution in [0.4, 0.5) is 17.6 Å². The van der Waals surface area contributed by atoms with E-state index in [0.717, 1.165) is 15.6 Å². The van der Waals surface area contributed by atoms with Crippen LogP contribution in [0.2, 0.25) is 0 Å². The van der Waals surface area contributed by atoms with E-state index in [-0.39, 0.29) is 6.61 Å². The lowest BCUT2D eigenvalue weighted by atomic mass is 10.2. The largest absolute Gasteiger partial charge is 0.373 e. The van der Waals surface area contributed by atoms with Crippen molar-refractivity contribution in [1.29, 1.82) is 0 Å². The van der Waals surface area contributed by atoms with Crippen molar-refractivity contribution >= 4 is 11.3 Å². The Balaban J connectivity index is 2.44. The zero-order chi connectivity index (χ0) is 15.3. The molecule has 0 saturated heterocycles. The lowest BCUT2D eigenvalue weighted by Crippen LogP contribution is -2.42. The quantitative estimate of drug-likeness (QED) is 0.438. The van der Waals surface area contributed by atoms with Crippen LogP contribution in [0.3, 0.4) is 0 Å². The number of nitrogens with one attached hydrogen (secondary N) is 1. The van der Waals surface area contributed by atoms with Crippen molar-refractivity contribution in [3.8, 4) is 0 Å². The highest BCUT2D eigenvalue weighted by molar-refractivity contribution is 7.11. The third kappa shape index (κ3) is 4.97. The highest BCUT2D eigenvalue weighted by Gasteiger charge is 2.41. The molecule has 1 aromatic rings. The van der Waals surface area contributed by atoms with Gasteiger partial charge in [-0.1, -0.05) is 0 Å². The molecule has 0 aliphatic rings. The summed E-state index contributed by atoms with van der Waals surface area (Å²) < 4.78 is 53.8. The number of nitrogens with two attached hydrogens (primary N) is 1. The van der Waals surface area contributed by atoms with Gasteiger partial charge >= 0.3 is 12.3 Å². The molecule has 1 aromatic heterocycles. The second-order valence-corrected chi connectivity index (χ2v) is 5.68. The summed E-state index contributed by atoms with van der Waals surface area (Å²) in [5.74, 6) is 1.14. The lowest BCUT2D eigenvalue weighted by molar-refractivity contribution is -0.167. The molecular weight excluding hydrogens is 298 g/mol. The molecule has 0 bridgehead atoms. The number of hydrogen-bond acceptors (Lipinski definition) is 5. The van der Waals surface area contributed by atoms with E-state index in [2.05, 4.69) is 15.1 Å². The lowest BCUT2D eigenvalue weighted by Gasteiger charge is -2.18. The Morgan fingerprint density at radius 2 is 2.05 bits per heavy atom. The van der Waals surface area contributed by atoms with Gasteiger partial charge in [-0.3, -0.25) is 11.3 Å². The van der Waals surface area contributed by atoms with Crippen molar-refractivity contribution in [3.05, 3.63) is 15.6 Å². The summed E-state index contributed by atoms with van der Waals surface area (Å²) in [5.41, 5.74) is 3.30. The van der Waals surface area contributed by atoms with Crippen molar-refractivity contribution < 1.29 is 22.3 Å². The maximum Gasteiger partial charge on any atom is 0.330 e. The molecule has 3 N–H and O–H groups in total. The van der Waals surface area contributed by atoms with E-state index < -0.39 is 25.0 Å². The summed E-state index contributed by atoms with van der Waals surface area (Å²) >= 11 is 1.47. The molecular formula is C11H17F4N3OS. The minimum Gasteiger partial charge on any atom is -0.373 e. The van der Waals surface area contributed by atoms with Gasteiger partial charge in [-0.2, -0.15) is 8.78 Å². The first kappa shape index (κ1) is 17.3. The van der Waals surface area contributed by atoms with Crippen molar-refractivity contribution in [1.82, 2.24) is 10.4 Å². The van der Waals surface area contributed by atoms with Crippen LogP contribution >= 0.6 is 11.3 Å². The smallest absolute Gasteiger partial charge is 0.330 e. The molecule has 0 radical (unpaired) electrons. The summed E-state index contributed by atoms with van der Waals surface area (Å²) in [5, 5.41) is 0.784. The molecule has 1 rings (SSSR count). The number of ether oxygens (including phenoxy) is 1. The Morgan fingerprint density at radius 1 is 1.40 bits per heavy atom. The van der Waals surface area contributed by atoms with Gasteiger partial charge in [0, 0.05) is 11.3 Å². The number of aryl methyl sites for hydroxylation is 2. The van der Waals surface area contributed by atoms with E-state index in [4.69, 9.17) is 5.84 Å². The van der Waals surface area contributed by atoms with Gasteiger partial charge in [0.05, 0.1) is 23.4 Å². The van der Waals surface area contributed by atoms with E-state index in [1.54, 1.807) is 0 Å². The zero-order valence-corrected chi connectivity index (χ0v) is 11.9. The minimum absolute atomic E-state index is 0.198. The van der Waals surface area contributed by atoms with Crippen molar-refractivity contribution in [2.45, 2.75) is 38.7 Å². The van der Waals surface area contributed by atoms with Gasteiger partial charge in [0.15, 0.2) is 0 Å². The fourth-order valence-corrected chi connectivity index (χ4v) is 2.42. The Hall–Kier alpha value is -0.770. The van der Waals surface area contributed by atoms with E-state index in [1.165, 1.54) is 11.3 Å². The molecule has 9 heteroatoms. The number of aromatic nitrogens is 1. The molecule has 0 saturated carbocycles. The number of halogens is 4. The summed E-state index contributed by atoms with van der Waals surface area (Å²) in [7, 11) is 0. The Kier molecular flexibility index (Phi) is 6.31. The number of hydrazine groups is 1. The van der Waals surface area contributed by atoms with Crippen LogP contribution in [0.5, 0.6) is 0 Å². The van der Waals surface area contributed by atoms with Crippen LogP contribution in [0.25, 0.3) is 0 Å². The maximum atomic E-state index is 12.6. The fraction of sp³-hybridized carbons (Fsp3) is 0.727. The van der Waals surface area contributed by atoms with E-state index in [1.807, 2.05) is 13.8 Å². The molecule has 0 spiro atoms. The number of nitrogens with zero attached hydrogens (tertiary/aromatic N) is 1. The predicted molar refractivity (Wildman–Crippen MR) is 68.2 cm³/mol. The molecule has 1 atom stereocenters. The summed E-state index contributed by atoms with van der Waals surface area (Å²) in [6, 6.07) is -0.464. The second-order valence-electron chi connectivity index (χ2n) is 4.39. The molecule has 0 aliphatic heterocycles. The minimum atomic E-state index is -4.15. The highest BCUT2D eigenvalue weighted by Crippen LogP contribution is 2.23. The molecule has 0 aromatic carbocycles. The average Bonchev–Trinajstić information content (AvgIpc) is 2.66. The van der Waals surface area contributed by atoms with Gasteiger partial charge in [0.25, 0.3) is 0 Å². The number of rotatable bonds is 8. The first-order valence-electron chi connectivity index (χ1n) is 5.89. The van der Waals surface area contributed by atoms with Crippen LogP contribution in [0.1, 0.15) is 15.6 Å². The first-order chi connectivity index (χ1) is 9.26. The molecule has 4 nitrogen and oxygen atoms in total. The molecule has 1 unspecified atom stereocenters. The van der Waals surface area contributed by atoms with E-state index in [9.17, 15) is 17.6 Å². The molecule has 20 heavy (non-hydrogen) atoms. The van der Waals surface area contributed by atoms with Gasteiger partial charge < -0.3 is 4.74 Å². The number of hydrogen-bond donors (Lipinski definition) is 2. The van der Waals surface area contributed by atoms with Gasteiger partial charge in [-0.15, -0.1) is 11.3 Å². The van der Waals surface area contributed by atoms with Gasteiger partial charge in [-0.05, 0) is 13.8 Å². The maximum absolute atomic E-state index is 12.6. The second kappa shape index (κ2) is 7.30. The Bertz CT molecular complexity index is 408. The monoisotopic (exact) mass is 315 g/mol. The Morgan fingerprint density at radius 3 is 2.50 bits per heavy atom. The zero-order valence-electron chi connectivity index (χ0n) is 11.1. The number of alkyl halides is 4. The summed E-state index contributed by atoms with van der Waals surface area (Å²) in [6.45, 7) is 2.25. The third-order valence-corrected chi connectivity index (χ3v) is 3.76. The normalized spacial score (nSPS) is 14.0. The Labute approximate surface area is 118 Å². The number of thiazole rings is 1. The van der Waals surface area contributed by atoms with Crippen molar-refractivity contribution in [2.75, 3.05) is 13.2 Å². The van der Waals surface area contributed by atoms with Crippen molar-refractivity contribution in [3.63, 3.8) is 0 Å². The van der Waals surface area contributed by atoms with Gasteiger partial charge in [0.2, 0.25) is 0 Å². The summed E-state index contributed by atoms with van der Waals surface area (Å²) in [6.07, 6.45) is -3.35. The molecule has 0 amide bonds. The van der Waals surface area contributed by atoms with E-state index in [0.29, 0.717) is 6.42 Å². The fourth-order valence-electron chi connectivity index (χ4n) is 1.40. The third-order valence-electron chi connectivity index (χ3n) is 2.66. The SMILES string of the molecule is Cc1nc(CC(COCC(F)(F)C(F)F)NN)sc1C. The van der Waals surface area contributed by atoms with Crippen LogP contribution in [-0.2, 0) is 11.2 Å². The van der Waals surface area contributed by atoms with Gasteiger partial charge in [0.1, 0.15) is 6.61 Å². The molecule has 0 fully saturated rings. The van der Waals surface area contributed by atoms with Crippen LogP contribution in [-0.4, -0.2) is 36.6 Å². The average molecular weight is 315 g/mol. The standard InChI is InChI=1S/C11H17F4N3OS/c1-6-7(2)20-9(17-6)3-8(18-16)4-19-5-11(14,15)10(12)13/h8,10,18H,3-5,16H2,1-2H3. The van der Waals surface area contributed by atoms with Crippen LogP contribution < -0.4 is 11.3 Å².